The van der Waals surface area contributed by atoms with Gasteiger partial charge in [-0.25, -0.2) is 0 Å². The fourth-order valence-electron chi connectivity index (χ4n) is 4.58. The van der Waals surface area contributed by atoms with Crippen molar-refractivity contribution in [1.29, 1.82) is 0 Å². The van der Waals surface area contributed by atoms with Crippen LogP contribution in [0.25, 0.3) is 12.2 Å². The van der Waals surface area contributed by atoms with E-state index in [1.165, 1.54) is 45.4 Å². The van der Waals surface area contributed by atoms with Crippen molar-refractivity contribution < 1.29 is 25.8 Å². The molecule has 2 aromatic rings. The predicted molar refractivity (Wildman–Crippen MR) is 109 cm³/mol. The van der Waals surface area contributed by atoms with Gasteiger partial charge in [-0.2, -0.15) is 6.42 Å². The van der Waals surface area contributed by atoms with Crippen LogP contribution < -0.4 is 0 Å². The van der Waals surface area contributed by atoms with Gasteiger partial charge in [0.2, 0.25) is 0 Å². The number of hydrogen-bond donors (Lipinski definition) is 0. The van der Waals surface area contributed by atoms with Crippen LogP contribution in [0.1, 0.15) is 69.2 Å². The van der Waals surface area contributed by atoms with Crippen LogP contribution in [-0.4, -0.2) is 0 Å². The van der Waals surface area contributed by atoms with Crippen molar-refractivity contribution in [1.82, 2.24) is 0 Å². The molecule has 0 fully saturated rings. The topological polar surface area (TPSA) is 0 Å². The Labute approximate surface area is 177 Å². The molecular weight excluding hydrogens is 345 g/mol. The van der Waals surface area contributed by atoms with E-state index in [2.05, 4.69) is 82.7 Å². The van der Waals surface area contributed by atoms with Crippen molar-refractivity contribution in [2.45, 2.75) is 52.4 Å². The summed E-state index contributed by atoms with van der Waals surface area (Å²) < 4.78 is 0. The zero-order valence-corrected chi connectivity index (χ0v) is 18.1. The third-order valence-electron chi connectivity index (χ3n) is 6.01. The van der Waals surface area contributed by atoms with E-state index in [0.717, 1.165) is 6.42 Å². The molecule has 2 aromatic carbocycles. The first-order chi connectivity index (χ1) is 12.1. The van der Waals surface area contributed by atoms with E-state index in [1.807, 2.05) is 0 Å². The normalized spacial score (nSPS) is 19.4. The Morgan fingerprint density at radius 2 is 1.27 bits per heavy atom. The van der Waals surface area contributed by atoms with Crippen molar-refractivity contribution in [2.24, 2.45) is 0 Å². The third-order valence-corrected chi connectivity index (χ3v) is 6.01. The quantitative estimate of drug-likeness (QED) is 0.516. The second-order valence-electron chi connectivity index (χ2n) is 7.72. The molecule has 4 rings (SSSR count). The molecule has 1 radical (unpaired) electrons. The summed E-state index contributed by atoms with van der Waals surface area (Å²) in [5.41, 5.74) is 11.6. The summed E-state index contributed by atoms with van der Waals surface area (Å²) in [5, 5.41) is 0. The van der Waals surface area contributed by atoms with Gasteiger partial charge in [0.1, 0.15) is 0 Å². The number of rotatable bonds is 4. The van der Waals surface area contributed by atoms with Crippen LogP contribution >= 0.6 is 0 Å². The van der Waals surface area contributed by atoms with E-state index < -0.39 is 0 Å². The van der Waals surface area contributed by atoms with E-state index in [9.17, 15) is 0 Å². The van der Waals surface area contributed by atoms with Crippen LogP contribution in [0.3, 0.4) is 0 Å². The summed E-state index contributed by atoms with van der Waals surface area (Å²) in [4.78, 5) is 0. The van der Waals surface area contributed by atoms with Gasteiger partial charge in [0, 0.05) is 31.8 Å². The van der Waals surface area contributed by atoms with Crippen LogP contribution in [-0.2, 0) is 25.8 Å². The molecule has 0 spiro atoms. The molecule has 0 aliphatic heterocycles. The van der Waals surface area contributed by atoms with Crippen molar-refractivity contribution in [3.63, 3.8) is 0 Å². The van der Waals surface area contributed by atoms with Crippen molar-refractivity contribution >= 4 is 12.2 Å². The Bertz CT molecular complexity index is 812. The van der Waals surface area contributed by atoms with Gasteiger partial charge in [-0.1, -0.05) is 54.5 Å². The van der Waals surface area contributed by atoms with E-state index in [-0.39, 0.29) is 25.8 Å². The van der Waals surface area contributed by atoms with Gasteiger partial charge in [0.05, 0.1) is 0 Å². The summed E-state index contributed by atoms with van der Waals surface area (Å²) in [6.07, 6.45) is 14.3. The molecular formula is C25H27Sc-. The minimum absolute atomic E-state index is 0. The molecule has 2 unspecified atom stereocenters. The molecule has 0 saturated carbocycles. The number of fused-ring (bicyclic) bond motifs is 2. The second-order valence-corrected chi connectivity index (χ2v) is 7.72. The van der Waals surface area contributed by atoms with Gasteiger partial charge in [-0.15, -0.1) is 12.0 Å². The van der Waals surface area contributed by atoms with Crippen LogP contribution in [0.5, 0.6) is 0 Å². The largest absolute Gasteiger partial charge is 0.317 e. The minimum Gasteiger partial charge on any atom is -0.317 e. The summed E-state index contributed by atoms with van der Waals surface area (Å²) >= 11 is 0. The Morgan fingerprint density at radius 1 is 0.731 bits per heavy atom. The average Bonchev–Trinajstić information content (AvgIpc) is 3.21. The molecule has 26 heavy (non-hydrogen) atoms. The van der Waals surface area contributed by atoms with Crippen molar-refractivity contribution in [2.75, 3.05) is 0 Å². The molecule has 0 heterocycles. The van der Waals surface area contributed by atoms with Gasteiger partial charge in [-0.3, -0.25) is 0 Å². The van der Waals surface area contributed by atoms with E-state index >= 15 is 0 Å². The van der Waals surface area contributed by atoms with Gasteiger partial charge in [-0.05, 0) is 66.6 Å². The van der Waals surface area contributed by atoms with Crippen LogP contribution in [0.4, 0.5) is 0 Å². The van der Waals surface area contributed by atoms with Crippen molar-refractivity contribution in [3.05, 3.63) is 87.3 Å². The van der Waals surface area contributed by atoms with E-state index in [4.69, 9.17) is 0 Å². The number of hydrogen-bond acceptors (Lipinski definition) is 0. The maximum Gasteiger partial charge on any atom is 0.000571 e. The molecule has 2 aliphatic rings. The molecule has 0 bridgehead atoms. The van der Waals surface area contributed by atoms with E-state index in [1.54, 1.807) is 5.56 Å². The smallest absolute Gasteiger partial charge is 0.000571 e. The van der Waals surface area contributed by atoms with Gasteiger partial charge in [0.25, 0.3) is 0 Å². The van der Waals surface area contributed by atoms with Crippen LogP contribution in [0, 0.1) is 34.1 Å². The Balaban J connectivity index is 0.00000196. The monoisotopic (exact) mass is 372 g/mol. The fourth-order valence-corrected chi connectivity index (χ4v) is 4.58. The first-order valence-corrected chi connectivity index (χ1v) is 9.46. The molecule has 0 nitrogen and oxygen atoms in total. The maximum atomic E-state index is 2.52. The van der Waals surface area contributed by atoms with Crippen molar-refractivity contribution in [3.8, 4) is 0 Å². The first-order valence-electron chi connectivity index (χ1n) is 9.46. The minimum atomic E-state index is 0. The molecule has 2 aliphatic carbocycles. The number of benzene rings is 2. The van der Waals surface area contributed by atoms with Gasteiger partial charge >= 0.3 is 0 Å². The molecule has 0 amide bonds. The zero-order chi connectivity index (χ0) is 17.6. The summed E-state index contributed by atoms with van der Waals surface area (Å²) in [6.45, 7) is 8.94. The Kier molecular flexibility index (Phi) is 5.87. The molecule has 1 heteroatoms. The zero-order valence-electron chi connectivity index (χ0n) is 16.3. The molecule has 0 aromatic heterocycles. The SMILES string of the molecule is Cc1ccc(C)c2c1C=CC2[CH-]CCC1C=Cc2c(C)ccc(C)c21.[Sc]. The van der Waals surface area contributed by atoms with E-state index in [0.29, 0.717) is 11.8 Å². The van der Waals surface area contributed by atoms with Crippen LogP contribution in [0.2, 0.25) is 0 Å². The summed E-state index contributed by atoms with van der Waals surface area (Å²) in [6, 6.07) is 9.04. The summed E-state index contributed by atoms with van der Waals surface area (Å²) in [7, 11) is 0. The first kappa shape index (κ1) is 19.5. The predicted octanol–water partition coefficient (Wildman–Crippen LogP) is 6.82. The molecule has 0 N–H and O–H groups in total. The standard InChI is InChI=1S/C25H27.Sc/c1-16-8-10-18(3)24-20(12-14-22(16)24)6-5-7-21-13-15-23-17(2)9-11-19(4)25(21)23;/h6,8-15,20-21H,5,7H2,1-4H3;/q-1;. The van der Waals surface area contributed by atoms with Gasteiger partial charge < -0.3 is 6.42 Å². The molecule has 0 saturated heterocycles. The third kappa shape index (κ3) is 3.36. The second kappa shape index (κ2) is 7.80. The van der Waals surface area contributed by atoms with Gasteiger partial charge in [0.15, 0.2) is 0 Å². The average molecular weight is 372 g/mol. The Morgan fingerprint density at radius 3 is 1.96 bits per heavy atom. The fraction of sp³-hybridized carbons (Fsp3) is 0.320. The number of aryl methyl sites for hydroxylation is 4. The maximum absolute atomic E-state index is 2.52. The molecule has 131 valence electrons. The summed E-state index contributed by atoms with van der Waals surface area (Å²) in [5.74, 6) is 1.06. The Hall–Kier alpha value is -1.21. The number of allylic oxidation sites excluding steroid dienone is 2. The van der Waals surface area contributed by atoms with Crippen LogP contribution in [0.15, 0.2) is 36.4 Å². The molecule has 2 atom stereocenters.